The highest BCUT2D eigenvalue weighted by Gasteiger charge is 2.03. The van der Waals surface area contributed by atoms with Crippen molar-refractivity contribution in [2.45, 2.75) is 6.92 Å². The molecular weight excluding hydrogens is 268 g/mol. The Morgan fingerprint density at radius 1 is 1.19 bits per heavy atom. The van der Waals surface area contributed by atoms with Crippen LogP contribution in [0.2, 0.25) is 0 Å². The van der Waals surface area contributed by atoms with Crippen molar-refractivity contribution in [1.82, 2.24) is 0 Å². The monoisotopic (exact) mass is 286 g/mol. The number of rotatable bonds is 7. The van der Waals surface area contributed by atoms with Crippen LogP contribution in [0, 0.1) is 0 Å². The van der Waals surface area contributed by atoms with Crippen LogP contribution in [0.4, 0.5) is 0 Å². The second-order valence-electron chi connectivity index (χ2n) is 4.29. The van der Waals surface area contributed by atoms with Crippen molar-refractivity contribution in [3.05, 3.63) is 49.1 Å². The molecule has 0 atom stereocenters. The Bertz CT molecular complexity index is 634. The van der Waals surface area contributed by atoms with E-state index < -0.39 is 5.97 Å². The molecule has 21 heavy (non-hydrogen) atoms. The molecule has 0 radical (unpaired) electrons. The molecule has 0 spiro atoms. The number of ether oxygens (including phenoxy) is 3. The predicted octanol–water partition coefficient (Wildman–Crippen LogP) is 3.35. The Morgan fingerprint density at radius 2 is 2.05 bits per heavy atom. The molecule has 2 aromatic rings. The number of fused-ring (bicyclic) bond motifs is 1. The normalized spacial score (nSPS) is 10.1. The van der Waals surface area contributed by atoms with E-state index >= 15 is 0 Å². The second kappa shape index (κ2) is 7.33. The van der Waals surface area contributed by atoms with Crippen molar-refractivity contribution in [3.63, 3.8) is 0 Å². The van der Waals surface area contributed by atoms with Gasteiger partial charge in [-0.2, -0.15) is 0 Å². The van der Waals surface area contributed by atoms with Gasteiger partial charge < -0.3 is 14.2 Å². The molecule has 4 heteroatoms. The van der Waals surface area contributed by atoms with E-state index in [9.17, 15) is 4.79 Å². The maximum Gasteiger partial charge on any atom is 0.330 e. The number of carbonyl (C=O) groups is 1. The first-order valence-electron chi connectivity index (χ1n) is 6.82. The number of benzene rings is 2. The summed E-state index contributed by atoms with van der Waals surface area (Å²) in [6.45, 7) is 6.42. The molecule has 0 aromatic heterocycles. The van der Waals surface area contributed by atoms with Gasteiger partial charge in [-0.25, -0.2) is 4.79 Å². The van der Waals surface area contributed by atoms with E-state index in [2.05, 4.69) is 6.58 Å². The highest BCUT2D eigenvalue weighted by Crippen LogP contribution is 2.28. The summed E-state index contributed by atoms with van der Waals surface area (Å²) in [6.07, 6.45) is 1.13. The molecule has 0 fully saturated rings. The van der Waals surface area contributed by atoms with Crippen LogP contribution in [-0.2, 0) is 9.53 Å². The van der Waals surface area contributed by atoms with Gasteiger partial charge in [0.2, 0.25) is 0 Å². The minimum absolute atomic E-state index is 0.196. The van der Waals surface area contributed by atoms with Gasteiger partial charge >= 0.3 is 5.97 Å². The fourth-order valence-corrected chi connectivity index (χ4v) is 1.96. The highest BCUT2D eigenvalue weighted by molar-refractivity contribution is 5.89. The van der Waals surface area contributed by atoms with E-state index in [0.29, 0.717) is 13.2 Å². The lowest BCUT2D eigenvalue weighted by atomic mass is 10.1. The Hall–Kier alpha value is -2.49. The Kier molecular flexibility index (Phi) is 5.21. The van der Waals surface area contributed by atoms with Gasteiger partial charge in [0, 0.05) is 11.5 Å². The summed E-state index contributed by atoms with van der Waals surface area (Å²) < 4.78 is 16.0. The highest BCUT2D eigenvalue weighted by atomic mass is 16.6. The molecule has 110 valence electrons. The van der Waals surface area contributed by atoms with Crippen molar-refractivity contribution in [2.75, 3.05) is 19.8 Å². The fourth-order valence-electron chi connectivity index (χ4n) is 1.96. The second-order valence-corrected chi connectivity index (χ2v) is 4.29. The van der Waals surface area contributed by atoms with Crippen LogP contribution >= 0.6 is 0 Å². The molecule has 0 unspecified atom stereocenters. The Balaban J connectivity index is 2.02. The third-order valence-electron chi connectivity index (χ3n) is 2.87. The van der Waals surface area contributed by atoms with E-state index in [1.165, 1.54) is 0 Å². The molecule has 2 aromatic carbocycles. The van der Waals surface area contributed by atoms with Crippen LogP contribution in [0.3, 0.4) is 0 Å². The van der Waals surface area contributed by atoms with E-state index in [1.54, 1.807) is 0 Å². The molecule has 0 heterocycles. The first-order valence-corrected chi connectivity index (χ1v) is 6.82. The average molecular weight is 286 g/mol. The SMILES string of the molecule is C=CC(=O)OCCOc1ccc2c(OCC)cccc2c1. The van der Waals surface area contributed by atoms with Crippen LogP contribution in [0.25, 0.3) is 10.8 Å². The zero-order valence-corrected chi connectivity index (χ0v) is 12.0. The van der Waals surface area contributed by atoms with Crippen molar-refractivity contribution in [3.8, 4) is 11.5 Å². The average Bonchev–Trinajstić information content (AvgIpc) is 2.51. The van der Waals surface area contributed by atoms with Gasteiger partial charge in [0.25, 0.3) is 0 Å². The topological polar surface area (TPSA) is 44.8 Å². The van der Waals surface area contributed by atoms with Crippen LogP contribution in [-0.4, -0.2) is 25.8 Å². The van der Waals surface area contributed by atoms with Gasteiger partial charge in [-0.3, -0.25) is 0 Å². The third kappa shape index (κ3) is 3.99. The molecule has 0 aliphatic carbocycles. The molecule has 0 amide bonds. The summed E-state index contributed by atoms with van der Waals surface area (Å²) in [4.78, 5) is 10.9. The van der Waals surface area contributed by atoms with Crippen LogP contribution in [0.1, 0.15) is 6.92 Å². The lowest BCUT2D eigenvalue weighted by molar-refractivity contribution is -0.138. The minimum atomic E-state index is -0.446. The number of esters is 1. The summed E-state index contributed by atoms with van der Waals surface area (Å²) in [6, 6.07) is 11.7. The Morgan fingerprint density at radius 3 is 2.81 bits per heavy atom. The predicted molar refractivity (Wildman–Crippen MR) is 81.8 cm³/mol. The molecule has 0 bridgehead atoms. The first kappa shape index (κ1) is 14.9. The van der Waals surface area contributed by atoms with Crippen LogP contribution in [0.5, 0.6) is 11.5 Å². The molecule has 0 saturated carbocycles. The van der Waals surface area contributed by atoms with Crippen molar-refractivity contribution >= 4 is 16.7 Å². The van der Waals surface area contributed by atoms with Crippen molar-refractivity contribution in [1.29, 1.82) is 0 Å². The van der Waals surface area contributed by atoms with Gasteiger partial charge in [0.15, 0.2) is 0 Å². The maximum atomic E-state index is 10.9. The smallest absolute Gasteiger partial charge is 0.330 e. The molecule has 4 nitrogen and oxygen atoms in total. The largest absolute Gasteiger partial charge is 0.493 e. The quantitative estimate of drug-likeness (QED) is 0.445. The van der Waals surface area contributed by atoms with Gasteiger partial charge in [0.1, 0.15) is 24.7 Å². The molecular formula is C17H18O4. The third-order valence-corrected chi connectivity index (χ3v) is 2.87. The summed E-state index contributed by atoms with van der Waals surface area (Å²) in [5.74, 6) is 1.14. The molecule has 2 rings (SSSR count). The number of carbonyl (C=O) groups excluding carboxylic acids is 1. The van der Waals surface area contributed by atoms with E-state index in [4.69, 9.17) is 14.2 Å². The number of hydrogen-bond donors (Lipinski definition) is 0. The van der Waals surface area contributed by atoms with Gasteiger partial charge in [-0.1, -0.05) is 18.7 Å². The minimum Gasteiger partial charge on any atom is -0.493 e. The van der Waals surface area contributed by atoms with Crippen LogP contribution < -0.4 is 9.47 Å². The van der Waals surface area contributed by atoms with Gasteiger partial charge in [0.05, 0.1) is 6.61 Å². The summed E-state index contributed by atoms with van der Waals surface area (Å²) in [7, 11) is 0. The molecule has 0 aliphatic rings. The maximum absolute atomic E-state index is 10.9. The van der Waals surface area contributed by atoms with Gasteiger partial charge in [-0.15, -0.1) is 0 Å². The van der Waals surface area contributed by atoms with Crippen molar-refractivity contribution in [2.24, 2.45) is 0 Å². The number of hydrogen-bond acceptors (Lipinski definition) is 4. The van der Waals surface area contributed by atoms with E-state index in [1.807, 2.05) is 43.3 Å². The first-order chi connectivity index (χ1) is 10.2. The van der Waals surface area contributed by atoms with Crippen LogP contribution in [0.15, 0.2) is 49.1 Å². The van der Waals surface area contributed by atoms with E-state index in [-0.39, 0.29) is 6.61 Å². The Labute approximate surface area is 123 Å². The molecule has 0 N–H and O–H groups in total. The fraction of sp³-hybridized carbons (Fsp3) is 0.235. The molecule has 0 saturated heterocycles. The zero-order chi connectivity index (χ0) is 15.1. The summed E-state index contributed by atoms with van der Waals surface area (Å²) in [5.41, 5.74) is 0. The van der Waals surface area contributed by atoms with Crippen molar-refractivity contribution < 1.29 is 19.0 Å². The van der Waals surface area contributed by atoms with E-state index in [0.717, 1.165) is 28.3 Å². The van der Waals surface area contributed by atoms with Gasteiger partial charge in [-0.05, 0) is 36.6 Å². The lowest BCUT2D eigenvalue weighted by Crippen LogP contribution is -2.10. The molecule has 0 aliphatic heterocycles. The summed E-state index contributed by atoms with van der Waals surface area (Å²) >= 11 is 0. The zero-order valence-electron chi connectivity index (χ0n) is 12.0. The standard InChI is InChI=1S/C17H18O4/c1-3-17(18)21-11-10-20-14-8-9-15-13(12-14)6-5-7-16(15)19-4-2/h3,5-9,12H,1,4,10-11H2,2H3. The lowest BCUT2D eigenvalue weighted by Gasteiger charge is -2.10. The summed E-state index contributed by atoms with van der Waals surface area (Å²) in [5, 5.41) is 2.09.